The van der Waals surface area contributed by atoms with Gasteiger partial charge in [0, 0.05) is 17.6 Å². The highest BCUT2D eigenvalue weighted by Crippen LogP contribution is 2.22. The third-order valence-electron chi connectivity index (χ3n) is 2.08. The molecule has 0 radical (unpaired) electrons. The van der Waals surface area contributed by atoms with Crippen molar-refractivity contribution in [3.05, 3.63) is 17.8 Å². The lowest BCUT2D eigenvalue weighted by Gasteiger charge is -2.17. The summed E-state index contributed by atoms with van der Waals surface area (Å²) in [6, 6.07) is 1.49. The molecule has 0 saturated heterocycles. The molecule has 2 unspecified atom stereocenters. The Bertz CT molecular complexity index is 335. The summed E-state index contributed by atoms with van der Waals surface area (Å²) in [6.07, 6.45) is -0.285. The van der Waals surface area contributed by atoms with Crippen LogP contribution >= 0.6 is 11.6 Å². The minimum absolute atomic E-state index is 0.206. The van der Waals surface area contributed by atoms with Gasteiger partial charge in [0.15, 0.2) is 0 Å². The summed E-state index contributed by atoms with van der Waals surface area (Å²) in [5.74, 6) is 0.480. The second-order valence-electron chi connectivity index (χ2n) is 3.23. The fourth-order valence-electron chi connectivity index (χ4n) is 1.16. The summed E-state index contributed by atoms with van der Waals surface area (Å²) in [6.45, 7) is 0. The molecule has 0 aliphatic rings. The van der Waals surface area contributed by atoms with Gasteiger partial charge in [-0.25, -0.2) is 4.98 Å². The minimum atomic E-state index is -1.04. The molecule has 0 aromatic carbocycles. The van der Waals surface area contributed by atoms with Crippen LogP contribution in [0.1, 0.15) is 18.1 Å². The van der Waals surface area contributed by atoms with Crippen LogP contribution in [-0.4, -0.2) is 27.2 Å². The highest BCUT2D eigenvalue weighted by molar-refractivity contribution is 6.17. The van der Waals surface area contributed by atoms with E-state index in [1.807, 2.05) is 0 Å². The first-order valence-corrected chi connectivity index (χ1v) is 5.02. The molecule has 1 aromatic rings. The number of nitrogen functional groups attached to an aromatic ring is 2. The smallest absolute Gasteiger partial charge is 0.146 e. The van der Waals surface area contributed by atoms with Crippen molar-refractivity contribution in [2.24, 2.45) is 0 Å². The second-order valence-corrected chi connectivity index (χ2v) is 3.61. The molecule has 6 N–H and O–H groups in total. The van der Waals surface area contributed by atoms with Gasteiger partial charge in [0.05, 0.1) is 11.8 Å². The average molecular weight is 232 g/mol. The fourth-order valence-corrected chi connectivity index (χ4v) is 1.39. The predicted octanol–water partition coefficient (Wildman–Crippen LogP) is 0.269. The van der Waals surface area contributed by atoms with Gasteiger partial charge >= 0.3 is 0 Å². The Morgan fingerprint density at radius 3 is 2.60 bits per heavy atom. The first-order chi connectivity index (χ1) is 7.06. The molecule has 0 aliphatic carbocycles. The maximum absolute atomic E-state index is 9.69. The Kier molecular flexibility index (Phi) is 4.14. The average Bonchev–Trinajstić information content (AvgIpc) is 2.21. The van der Waals surface area contributed by atoms with Crippen LogP contribution in [0.2, 0.25) is 0 Å². The minimum Gasteiger partial charge on any atom is -0.396 e. The summed E-state index contributed by atoms with van der Waals surface area (Å²) in [7, 11) is 0. The number of alkyl halides is 1. The van der Waals surface area contributed by atoms with E-state index in [1.165, 1.54) is 12.3 Å². The van der Waals surface area contributed by atoms with E-state index < -0.39 is 12.2 Å². The third kappa shape index (κ3) is 2.95. The van der Waals surface area contributed by atoms with Crippen LogP contribution in [0.3, 0.4) is 0 Å². The van der Waals surface area contributed by atoms with Crippen molar-refractivity contribution in [1.29, 1.82) is 0 Å². The Morgan fingerprint density at radius 1 is 1.40 bits per heavy atom. The SMILES string of the molecule is Nc1cc(C(O)C(O)CCCl)cnc1N. The molecule has 1 rings (SSSR count). The van der Waals surface area contributed by atoms with E-state index >= 15 is 0 Å². The molecule has 6 heteroatoms. The zero-order valence-corrected chi connectivity index (χ0v) is 8.85. The lowest BCUT2D eigenvalue weighted by molar-refractivity contribution is 0.0168. The highest BCUT2D eigenvalue weighted by atomic mass is 35.5. The number of aromatic nitrogens is 1. The van der Waals surface area contributed by atoms with Gasteiger partial charge < -0.3 is 21.7 Å². The van der Waals surface area contributed by atoms with Crippen molar-refractivity contribution in [3.8, 4) is 0 Å². The summed E-state index contributed by atoms with van der Waals surface area (Å²) >= 11 is 5.45. The number of pyridine rings is 1. The first kappa shape index (κ1) is 12.0. The number of hydrogen-bond acceptors (Lipinski definition) is 5. The summed E-state index contributed by atoms with van der Waals surface area (Å²) < 4.78 is 0. The van der Waals surface area contributed by atoms with Gasteiger partial charge in [0.25, 0.3) is 0 Å². The molecule has 15 heavy (non-hydrogen) atoms. The molecule has 2 atom stereocenters. The first-order valence-electron chi connectivity index (χ1n) is 4.49. The van der Waals surface area contributed by atoms with Crippen LogP contribution in [0.5, 0.6) is 0 Å². The monoisotopic (exact) mass is 231 g/mol. The molecule has 0 fully saturated rings. The number of rotatable bonds is 4. The molecule has 0 aliphatic heterocycles. The Hall–Kier alpha value is -1.04. The van der Waals surface area contributed by atoms with E-state index in [9.17, 15) is 10.2 Å². The number of anilines is 2. The molecule has 1 heterocycles. The molecular formula is C9H14ClN3O2. The number of nitrogens with two attached hydrogens (primary N) is 2. The normalized spacial score (nSPS) is 14.9. The third-order valence-corrected chi connectivity index (χ3v) is 2.30. The van der Waals surface area contributed by atoms with Crippen LogP contribution in [0.4, 0.5) is 11.5 Å². The van der Waals surface area contributed by atoms with E-state index in [-0.39, 0.29) is 17.4 Å². The molecular weight excluding hydrogens is 218 g/mol. The lowest BCUT2D eigenvalue weighted by Crippen LogP contribution is -2.19. The largest absolute Gasteiger partial charge is 0.396 e. The van der Waals surface area contributed by atoms with Crippen molar-refractivity contribution in [3.63, 3.8) is 0 Å². The van der Waals surface area contributed by atoms with Crippen molar-refractivity contribution < 1.29 is 10.2 Å². The van der Waals surface area contributed by atoms with E-state index in [0.717, 1.165) is 0 Å². The topological polar surface area (TPSA) is 105 Å². The summed E-state index contributed by atoms with van der Waals surface area (Å²) in [4.78, 5) is 3.79. The van der Waals surface area contributed by atoms with E-state index in [2.05, 4.69) is 4.98 Å². The zero-order valence-electron chi connectivity index (χ0n) is 8.10. The zero-order chi connectivity index (χ0) is 11.4. The number of aliphatic hydroxyl groups is 2. The number of hydrogen-bond donors (Lipinski definition) is 4. The molecule has 1 aromatic heterocycles. The molecule has 0 bridgehead atoms. The van der Waals surface area contributed by atoms with Crippen LogP contribution in [0.25, 0.3) is 0 Å². The number of halogens is 1. The van der Waals surface area contributed by atoms with Gasteiger partial charge in [-0.15, -0.1) is 11.6 Å². The van der Waals surface area contributed by atoms with Gasteiger partial charge in [0.2, 0.25) is 0 Å². The molecule has 0 spiro atoms. The van der Waals surface area contributed by atoms with Gasteiger partial charge in [-0.05, 0) is 12.5 Å². The number of aliphatic hydroxyl groups excluding tert-OH is 2. The summed E-state index contributed by atoms with van der Waals surface area (Å²) in [5, 5.41) is 19.2. The van der Waals surface area contributed by atoms with Gasteiger partial charge in [0.1, 0.15) is 11.9 Å². The highest BCUT2D eigenvalue weighted by Gasteiger charge is 2.18. The summed E-state index contributed by atoms with van der Waals surface area (Å²) in [5.41, 5.74) is 11.7. The van der Waals surface area contributed by atoms with Crippen LogP contribution in [0, 0.1) is 0 Å². The maximum Gasteiger partial charge on any atom is 0.146 e. The molecule has 0 saturated carbocycles. The Balaban J connectivity index is 2.81. The predicted molar refractivity (Wildman–Crippen MR) is 59.4 cm³/mol. The van der Waals surface area contributed by atoms with Crippen molar-refractivity contribution in [1.82, 2.24) is 4.98 Å². The van der Waals surface area contributed by atoms with Crippen molar-refractivity contribution >= 4 is 23.1 Å². The molecule has 84 valence electrons. The van der Waals surface area contributed by atoms with E-state index in [1.54, 1.807) is 0 Å². The van der Waals surface area contributed by atoms with E-state index in [0.29, 0.717) is 12.0 Å². The lowest BCUT2D eigenvalue weighted by atomic mass is 10.0. The van der Waals surface area contributed by atoms with Gasteiger partial charge in [-0.1, -0.05) is 0 Å². The van der Waals surface area contributed by atoms with Crippen LogP contribution in [0.15, 0.2) is 12.3 Å². The Labute approximate surface area is 92.7 Å². The van der Waals surface area contributed by atoms with Gasteiger partial charge in [-0.3, -0.25) is 0 Å². The maximum atomic E-state index is 9.69. The fraction of sp³-hybridized carbons (Fsp3) is 0.444. The van der Waals surface area contributed by atoms with Crippen molar-refractivity contribution in [2.45, 2.75) is 18.6 Å². The molecule has 0 amide bonds. The van der Waals surface area contributed by atoms with E-state index in [4.69, 9.17) is 23.1 Å². The number of nitrogens with zero attached hydrogens (tertiary/aromatic N) is 1. The molecule has 5 nitrogen and oxygen atoms in total. The quantitative estimate of drug-likeness (QED) is 0.557. The Morgan fingerprint density at radius 2 is 2.07 bits per heavy atom. The van der Waals surface area contributed by atoms with Crippen molar-refractivity contribution in [2.75, 3.05) is 17.3 Å². The van der Waals surface area contributed by atoms with Gasteiger partial charge in [-0.2, -0.15) is 0 Å². The van der Waals surface area contributed by atoms with Crippen LogP contribution < -0.4 is 11.5 Å². The standard InChI is InChI=1S/C9H14ClN3O2/c10-2-1-7(14)8(15)5-3-6(11)9(12)13-4-5/h3-4,7-8,14-15H,1-2,11H2,(H2,12,13). The van der Waals surface area contributed by atoms with Crippen LogP contribution in [-0.2, 0) is 0 Å². The second kappa shape index (κ2) is 5.16.